The number of benzene rings is 1. The monoisotopic (exact) mass is 405 g/mol. The highest BCUT2D eigenvalue weighted by atomic mass is 19.1. The number of hydrogen-bond donors (Lipinski definition) is 1. The lowest BCUT2D eigenvalue weighted by molar-refractivity contribution is -0.135. The summed E-state index contributed by atoms with van der Waals surface area (Å²) in [7, 11) is 0. The summed E-state index contributed by atoms with van der Waals surface area (Å²) >= 11 is 0. The van der Waals surface area contributed by atoms with E-state index in [-0.39, 0.29) is 18.9 Å². The summed E-state index contributed by atoms with van der Waals surface area (Å²) in [6.45, 7) is 3.23. The highest BCUT2D eigenvalue weighted by Gasteiger charge is 2.43. The zero-order valence-electron chi connectivity index (χ0n) is 16.5. The van der Waals surface area contributed by atoms with Crippen molar-refractivity contribution in [3.05, 3.63) is 30.1 Å². The predicted octanol–water partition coefficient (Wildman–Crippen LogP) is 2.41. The first-order valence-corrected chi connectivity index (χ1v) is 10.5. The summed E-state index contributed by atoms with van der Waals surface area (Å²) in [4.78, 5) is 30.4. The summed E-state index contributed by atoms with van der Waals surface area (Å²) in [5.74, 6) is -0.212. The van der Waals surface area contributed by atoms with E-state index in [2.05, 4.69) is 4.90 Å². The van der Waals surface area contributed by atoms with Crippen LogP contribution in [-0.2, 0) is 4.79 Å². The molecule has 0 unspecified atom stereocenters. The molecule has 0 radical (unpaired) electrons. The third kappa shape index (κ3) is 4.47. The van der Waals surface area contributed by atoms with Gasteiger partial charge in [0.15, 0.2) is 0 Å². The third-order valence-electron chi connectivity index (χ3n) is 6.33. The van der Waals surface area contributed by atoms with Gasteiger partial charge in [0.05, 0.1) is 6.54 Å². The molecule has 0 bridgehead atoms. The van der Waals surface area contributed by atoms with E-state index in [1.807, 2.05) is 4.90 Å². The fourth-order valence-electron chi connectivity index (χ4n) is 4.55. The maximum absolute atomic E-state index is 13.4. The number of amides is 2. The van der Waals surface area contributed by atoms with Crippen LogP contribution in [0.5, 0.6) is 5.75 Å². The van der Waals surface area contributed by atoms with Crippen LogP contribution in [0.3, 0.4) is 0 Å². The van der Waals surface area contributed by atoms with Gasteiger partial charge in [-0.05, 0) is 31.4 Å². The number of carbonyl (C=O) groups excluding carboxylic acids is 1. The number of hydrogen-bond acceptors (Lipinski definition) is 4. The Hall–Kier alpha value is -2.35. The number of halogens is 1. The van der Waals surface area contributed by atoms with E-state index in [0.29, 0.717) is 24.9 Å². The molecule has 1 aromatic carbocycles. The lowest BCUT2D eigenvalue weighted by Gasteiger charge is -2.36. The fourth-order valence-corrected chi connectivity index (χ4v) is 4.55. The lowest BCUT2D eigenvalue weighted by Crippen LogP contribution is -2.49. The van der Waals surface area contributed by atoms with E-state index < -0.39 is 24.1 Å². The molecular weight excluding hydrogens is 377 g/mol. The minimum Gasteiger partial charge on any atom is -0.488 e. The van der Waals surface area contributed by atoms with Crippen LogP contribution in [0, 0.1) is 5.82 Å². The van der Waals surface area contributed by atoms with E-state index in [4.69, 9.17) is 4.74 Å². The van der Waals surface area contributed by atoms with Crippen LogP contribution < -0.4 is 4.74 Å². The molecule has 2 atom stereocenters. The van der Waals surface area contributed by atoms with Crippen LogP contribution in [0.4, 0.5) is 9.18 Å². The zero-order chi connectivity index (χ0) is 20.4. The Morgan fingerprint density at radius 1 is 1.10 bits per heavy atom. The molecular formula is C21H28FN3O4. The number of nitrogens with zero attached hydrogens (tertiary/aromatic N) is 3. The second-order valence-electron chi connectivity index (χ2n) is 8.18. The Labute approximate surface area is 170 Å². The van der Waals surface area contributed by atoms with Crippen LogP contribution in [0.15, 0.2) is 24.3 Å². The van der Waals surface area contributed by atoms with Gasteiger partial charge in [0.2, 0.25) is 5.91 Å². The highest BCUT2D eigenvalue weighted by Crippen LogP contribution is 2.27. The molecule has 1 N–H and O–H groups in total. The Morgan fingerprint density at radius 2 is 1.93 bits per heavy atom. The number of rotatable bonds is 4. The van der Waals surface area contributed by atoms with Gasteiger partial charge in [-0.1, -0.05) is 12.5 Å². The van der Waals surface area contributed by atoms with Gasteiger partial charge in [0.25, 0.3) is 0 Å². The molecule has 7 nitrogen and oxygen atoms in total. The molecule has 3 fully saturated rings. The summed E-state index contributed by atoms with van der Waals surface area (Å²) in [5, 5.41) is 9.60. The first-order chi connectivity index (χ1) is 14.0. The Balaban J connectivity index is 1.40. The third-order valence-corrected chi connectivity index (χ3v) is 6.33. The van der Waals surface area contributed by atoms with Crippen molar-refractivity contribution >= 4 is 12.0 Å². The molecule has 2 heterocycles. The molecule has 2 saturated heterocycles. The summed E-state index contributed by atoms with van der Waals surface area (Å²) < 4.78 is 19.2. The van der Waals surface area contributed by atoms with E-state index >= 15 is 0 Å². The molecule has 1 aromatic rings. The summed E-state index contributed by atoms with van der Waals surface area (Å²) in [6, 6.07) is 5.67. The van der Waals surface area contributed by atoms with Gasteiger partial charge < -0.3 is 14.7 Å². The van der Waals surface area contributed by atoms with Crippen molar-refractivity contribution in [2.75, 3.05) is 32.7 Å². The summed E-state index contributed by atoms with van der Waals surface area (Å²) in [5.41, 5.74) is 0. The molecule has 29 heavy (non-hydrogen) atoms. The van der Waals surface area contributed by atoms with E-state index in [9.17, 15) is 19.1 Å². The number of carbonyl (C=O) groups is 2. The van der Waals surface area contributed by atoms with Crippen LogP contribution in [-0.4, -0.2) is 82.7 Å². The van der Waals surface area contributed by atoms with Crippen LogP contribution in [0.25, 0.3) is 0 Å². The largest absolute Gasteiger partial charge is 0.488 e. The van der Waals surface area contributed by atoms with E-state index in [1.165, 1.54) is 36.3 Å². The average molecular weight is 405 g/mol. The molecule has 2 aliphatic heterocycles. The maximum Gasteiger partial charge on any atom is 0.408 e. The average Bonchev–Trinajstić information content (AvgIpc) is 2.91. The van der Waals surface area contributed by atoms with Crippen molar-refractivity contribution in [1.82, 2.24) is 14.7 Å². The van der Waals surface area contributed by atoms with Crippen molar-refractivity contribution in [3.63, 3.8) is 0 Å². The Bertz CT molecular complexity index is 757. The van der Waals surface area contributed by atoms with Gasteiger partial charge in [-0.2, -0.15) is 0 Å². The van der Waals surface area contributed by atoms with Crippen molar-refractivity contribution in [2.45, 2.75) is 50.3 Å². The number of likely N-dealkylation sites (tertiary alicyclic amines) is 1. The molecule has 158 valence electrons. The van der Waals surface area contributed by atoms with Crippen LogP contribution in [0.1, 0.15) is 32.1 Å². The molecule has 8 heteroatoms. The smallest absolute Gasteiger partial charge is 0.408 e. The van der Waals surface area contributed by atoms with Gasteiger partial charge >= 0.3 is 6.09 Å². The molecule has 1 saturated carbocycles. The minimum atomic E-state index is -1.13. The van der Waals surface area contributed by atoms with Gasteiger partial charge in [-0.3, -0.25) is 14.6 Å². The molecule has 1 aliphatic carbocycles. The van der Waals surface area contributed by atoms with Gasteiger partial charge in [0.1, 0.15) is 23.7 Å². The summed E-state index contributed by atoms with van der Waals surface area (Å²) in [6.07, 6.45) is 3.35. The standard InChI is InChI=1S/C21H28FN3O4/c22-15-4-1-7-17(12-15)29-18-13-19(25(14-18)21(27)28)20(26)24-9-3-8-23(10-11-24)16-5-2-6-16/h1,4,7,12,16,18-19H,2-3,5-6,8-11,13-14H2,(H,27,28)/t18-,19-/m1/s1. The second-order valence-corrected chi connectivity index (χ2v) is 8.18. The Morgan fingerprint density at radius 3 is 2.62 bits per heavy atom. The topological polar surface area (TPSA) is 73.3 Å². The highest BCUT2D eigenvalue weighted by molar-refractivity contribution is 5.86. The van der Waals surface area contributed by atoms with Crippen molar-refractivity contribution in [2.24, 2.45) is 0 Å². The van der Waals surface area contributed by atoms with E-state index in [0.717, 1.165) is 19.5 Å². The van der Waals surface area contributed by atoms with Gasteiger partial charge in [0, 0.05) is 44.7 Å². The molecule has 0 aromatic heterocycles. The lowest BCUT2D eigenvalue weighted by atomic mass is 9.91. The van der Waals surface area contributed by atoms with Crippen molar-refractivity contribution in [1.29, 1.82) is 0 Å². The first-order valence-electron chi connectivity index (χ1n) is 10.5. The zero-order valence-corrected chi connectivity index (χ0v) is 16.5. The van der Waals surface area contributed by atoms with Crippen LogP contribution in [0.2, 0.25) is 0 Å². The molecule has 4 rings (SSSR count). The predicted molar refractivity (Wildman–Crippen MR) is 104 cm³/mol. The van der Waals surface area contributed by atoms with Crippen LogP contribution >= 0.6 is 0 Å². The number of ether oxygens (including phenoxy) is 1. The second kappa shape index (κ2) is 8.57. The SMILES string of the molecule is O=C([C@H]1C[C@@H](Oc2cccc(F)c2)CN1C(=O)O)N1CCCN(C2CCC2)CC1. The van der Waals surface area contributed by atoms with Gasteiger partial charge in [-0.25, -0.2) is 9.18 Å². The Kier molecular flexibility index (Phi) is 5.89. The quantitative estimate of drug-likeness (QED) is 0.833. The van der Waals surface area contributed by atoms with Gasteiger partial charge in [-0.15, -0.1) is 0 Å². The van der Waals surface area contributed by atoms with E-state index in [1.54, 1.807) is 12.1 Å². The maximum atomic E-state index is 13.4. The molecule has 3 aliphatic rings. The number of carboxylic acid groups (broad SMARTS) is 1. The fraction of sp³-hybridized carbons (Fsp3) is 0.619. The first kappa shape index (κ1) is 19.9. The minimum absolute atomic E-state index is 0.101. The normalized spacial score (nSPS) is 26.1. The van der Waals surface area contributed by atoms with Crippen molar-refractivity contribution < 1.29 is 23.8 Å². The molecule has 0 spiro atoms. The van der Waals surface area contributed by atoms with Crippen molar-refractivity contribution in [3.8, 4) is 5.75 Å². The molecule has 2 amide bonds.